The van der Waals surface area contributed by atoms with Crippen molar-refractivity contribution in [2.24, 2.45) is 17.3 Å². The number of carbonyl (C=O) groups excluding carboxylic acids is 1. The Balaban J connectivity index is -0.000000680. The van der Waals surface area contributed by atoms with Crippen molar-refractivity contribution in [2.75, 3.05) is 20.1 Å². The van der Waals surface area contributed by atoms with Crippen LogP contribution in [0.15, 0.2) is 24.4 Å². The van der Waals surface area contributed by atoms with Gasteiger partial charge in [-0.1, -0.05) is 40.2 Å². The average molecular weight is 427 g/mol. The summed E-state index contributed by atoms with van der Waals surface area (Å²) in [5.41, 5.74) is 11.6. The molecule has 8 N–H and O–H groups in total. The first kappa shape index (κ1) is 32.2. The zero-order valence-corrected chi connectivity index (χ0v) is 20.3. The fourth-order valence-electron chi connectivity index (χ4n) is 2.21. The summed E-state index contributed by atoms with van der Waals surface area (Å²) in [6.07, 6.45) is 9.85. The molecule has 0 aliphatic carbocycles. The lowest BCUT2D eigenvalue weighted by Gasteiger charge is -2.11. The highest BCUT2D eigenvalue weighted by molar-refractivity contribution is 5.90. The number of amides is 1. The number of amidine groups is 1. The van der Waals surface area contributed by atoms with E-state index in [2.05, 4.69) is 18.8 Å². The molecule has 8 nitrogen and oxygen atoms in total. The van der Waals surface area contributed by atoms with Gasteiger partial charge in [-0.2, -0.15) is 10.9 Å². The first-order valence-corrected chi connectivity index (χ1v) is 11.0. The fraction of sp³-hybridized carbons (Fsp3) is 0.682. The van der Waals surface area contributed by atoms with Crippen LogP contribution in [-0.2, 0) is 4.79 Å². The van der Waals surface area contributed by atoms with Crippen LogP contribution in [-0.4, -0.2) is 47.4 Å². The van der Waals surface area contributed by atoms with Gasteiger partial charge in [0.25, 0.3) is 0 Å². The van der Waals surface area contributed by atoms with Gasteiger partial charge in [-0.3, -0.25) is 10.2 Å². The first-order valence-electron chi connectivity index (χ1n) is 11.0. The predicted octanol–water partition coefficient (Wildman–Crippen LogP) is 3.04. The number of rotatable bonds is 13. The van der Waals surface area contributed by atoms with Crippen LogP contribution in [0.4, 0.5) is 0 Å². The van der Waals surface area contributed by atoms with Gasteiger partial charge in [0.15, 0.2) is 0 Å². The van der Waals surface area contributed by atoms with Crippen LogP contribution in [0.1, 0.15) is 79.6 Å². The quantitative estimate of drug-likeness (QED) is 0.0769. The van der Waals surface area contributed by atoms with Crippen LogP contribution in [0, 0.1) is 5.41 Å². The number of hydrazone groups is 2. The maximum atomic E-state index is 11.6. The van der Waals surface area contributed by atoms with E-state index in [1.807, 2.05) is 32.8 Å². The Bertz CT molecular complexity index is 524. The SMILES string of the molecule is C/C(N)=C/C(=N)N.C=CC(CCCCC(=O)NCCCCC)=[N+](N)N(C)CC.CC. The Kier molecular flexibility index (Phi) is 24.4. The number of nitrogens with one attached hydrogen (secondary N) is 2. The van der Waals surface area contributed by atoms with Gasteiger partial charge >= 0.3 is 0 Å². The summed E-state index contributed by atoms with van der Waals surface area (Å²) >= 11 is 0. The molecule has 0 saturated carbocycles. The number of allylic oxidation sites excluding steroid dienone is 2. The lowest BCUT2D eigenvalue weighted by atomic mass is 10.1. The smallest absolute Gasteiger partial charge is 0.238 e. The Morgan fingerprint density at radius 1 is 1.13 bits per heavy atom. The molecule has 0 heterocycles. The second-order valence-electron chi connectivity index (χ2n) is 6.62. The average Bonchev–Trinajstić information content (AvgIpc) is 2.71. The summed E-state index contributed by atoms with van der Waals surface area (Å²) < 4.78 is 0. The molecule has 8 heteroatoms. The summed E-state index contributed by atoms with van der Waals surface area (Å²) in [7, 11) is 1.94. The van der Waals surface area contributed by atoms with Crippen LogP contribution < -0.4 is 22.6 Å². The Labute approximate surface area is 184 Å². The molecule has 0 radical (unpaired) electrons. The first-order chi connectivity index (χ1) is 14.2. The van der Waals surface area contributed by atoms with E-state index in [0.29, 0.717) is 12.1 Å². The van der Waals surface area contributed by atoms with Crippen molar-refractivity contribution in [3.05, 3.63) is 24.4 Å². The minimum absolute atomic E-state index is 0.000000000000000222. The summed E-state index contributed by atoms with van der Waals surface area (Å²) in [6.45, 7) is 15.3. The van der Waals surface area contributed by atoms with Crippen molar-refractivity contribution in [2.45, 2.75) is 79.6 Å². The summed E-state index contributed by atoms with van der Waals surface area (Å²) in [5, 5.41) is 11.5. The standard InChI is InChI=1S/C16H32N4O.C4H9N3.C2H6/c1-5-8-11-14-18-16(21)13-10-9-12-15(6-2)20(17)19(4)7-3;1-3(5)2-4(6)7;1-2/h6H,2,5,7-14,17H2,1,3-4H3;2H,5H2,1H3,(H3,6,7);1-2H3/p+1/b;3-2-;. The molecule has 0 atom stereocenters. The third-order valence-corrected chi connectivity index (χ3v) is 3.93. The van der Waals surface area contributed by atoms with Gasteiger partial charge in [0.2, 0.25) is 11.6 Å². The zero-order chi connectivity index (χ0) is 23.9. The molecule has 0 spiro atoms. The van der Waals surface area contributed by atoms with Crippen molar-refractivity contribution in [3.8, 4) is 0 Å². The zero-order valence-electron chi connectivity index (χ0n) is 20.3. The molecule has 0 unspecified atom stereocenters. The number of nitrogens with two attached hydrogens (primary N) is 3. The van der Waals surface area contributed by atoms with Crippen molar-refractivity contribution < 1.29 is 9.59 Å². The van der Waals surface area contributed by atoms with E-state index < -0.39 is 0 Å². The number of nitrogens with zero attached hydrogens (tertiary/aromatic N) is 2. The fourth-order valence-corrected chi connectivity index (χ4v) is 2.21. The van der Waals surface area contributed by atoms with Gasteiger partial charge in [-0.25, -0.2) is 0 Å². The van der Waals surface area contributed by atoms with Gasteiger partial charge in [-0.05, 0) is 44.0 Å². The molecule has 30 heavy (non-hydrogen) atoms. The second-order valence-corrected chi connectivity index (χ2v) is 6.62. The van der Waals surface area contributed by atoms with E-state index in [1.54, 1.807) is 17.8 Å². The molecule has 0 aliphatic heterocycles. The van der Waals surface area contributed by atoms with Crippen molar-refractivity contribution >= 4 is 17.5 Å². The number of hydrogen-bond donors (Lipinski definition) is 5. The van der Waals surface area contributed by atoms with E-state index in [9.17, 15) is 4.79 Å². The van der Waals surface area contributed by atoms with Crippen molar-refractivity contribution in [1.82, 2.24) is 10.3 Å². The molecule has 0 aromatic carbocycles. The number of unbranched alkanes of at least 4 members (excludes halogenated alkanes) is 3. The lowest BCUT2D eigenvalue weighted by molar-refractivity contribution is -0.694. The number of hydrogen-bond acceptors (Lipinski definition) is 5. The molecule has 176 valence electrons. The topological polar surface area (TPSA) is 137 Å². The third-order valence-electron chi connectivity index (χ3n) is 3.93. The van der Waals surface area contributed by atoms with Gasteiger partial charge < -0.3 is 16.8 Å². The normalized spacial score (nSPS) is 11.1. The van der Waals surface area contributed by atoms with E-state index in [4.69, 9.17) is 22.7 Å². The summed E-state index contributed by atoms with van der Waals surface area (Å²) in [6, 6.07) is 0. The number of hydrazine groups is 2. The summed E-state index contributed by atoms with van der Waals surface area (Å²) in [4.78, 5) is 13.3. The van der Waals surface area contributed by atoms with Crippen molar-refractivity contribution in [1.29, 1.82) is 5.41 Å². The maximum Gasteiger partial charge on any atom is 0.238 e. The molecule has 0 fully saturated rings. The Hall–Kier alpha value is -2.51. The highest BCUT2D eigenvalue weighted by Crippen LogP contribution is 2.03. The van der Waals surface area contributed by atoms with Gasteiger partial charge in [0.05, 0.1) is 13.6 Å². The van der Waals surface area contributed by atoms with Crippen LogP contribution in [0.5, 0.6) is 0 Å². The molecule has 0 aromatic heterocycles. The monoisotopic (exact) mass is 426 g/mol. The third kappa shape index (κ3) is 21.8. The lowest BCUT2D eigenvalue weighted by Crippen LogP contribution is -2.40. The predicted molar refractivity (Wildman–Crippen MR) is 130 cm³/mol. The molecular weight excluding hydrogens is 378 g/mol. The highest BCUT2D eigenvalue weighted by Gasteiger charge is 2.12. The van der Waals surface area contributed by atoms with Gasteiger partial charge in [-0.15, -0.1) is 0 Å². The molecular formula is C22H48N7O+. The largest absolute Gasteiger partial charge is 0.402 e. The van der Waals surface area contributed by atoms with E-state index in [-0.39, 0.29) is 11.7 Å². The highest BCUT2D eigenvalue weighted by atomic mass is 16.1. The van der Waals surface area contributed by atoms with Crippen LogP contribution in [0.25, 0.3) is 0 Å². The van der Waals surface area contributed by atoms with E-state index >= 15 is 0 Å². The van der Waals surface area contributed by atoms with Crippen LogP contribution >= 0.6 is 0 Å². The Morgan fingerprint density at radius 3 is 2.10 bits per heavy atom. The molecule has 0 aliphatic rings. The van der Waals surface area contributed by atoms with E-state index in [0.717, 1.165) is 44.5 Å². The molecule has 0 saturated heterocycles. The van der Waals surface area contributed by atoms with Crippen LogP contribution in [0.3, 0.4) is 0 Å². The summed E-state index contributed by atoms with van der Waals surface area (Å²) in [5.74, 6) is 6.14. The minimum Gasteiger partial charge on any atom is -0.402 e. The second kappa shape index (κ2) is 22.8. The molecule has 0 aromatic rings. The van der Waals surface area contributed by atoms with Gasteiger partial charge in [0, 0.05) is 31.2 Å². The molecule has 0 bridgehead atoms. The number of carbonyl (C=O) groups is 1. The van der Waals surface area contributed by atoms with Gasteiger partial charge in [0.1, 0.15) is 5.84 Å². The maximum absolute atomic E-state index is 11.6. The van der Waals surface area contributed by atoms with Crippen LogP contribution in [0.2, 0.25) is 0 Å². The van der Waals surface area contributed by atoms with E-state index in [1.165, 1.54) is 18.9 Å². The van der Waals surface area contributed by atoms with Crippen molar-refractivity contribution in [3.63, 3.8) is 0 Å². The minimum atomic E-state index is 0.000000000000000222. The Morgan fingerprint density at radius 2 is 1.70 bits per heavy atom. The molecule has 1 amide bonds. The molecule has 0 rings (SSSR count).